The van der Waals surface area contributed by atoms with Crippen LogP contribution in [0.2, 0.25) is 19.6 Å². The second kappa shape index (κ2) is 5.24. The summed E-state index contributed by atoms with van der Waals surface area (Å²) in [4.78, 5) is 0. The SMILES string of the molecule is C/C(Cl)=C/C=C/C#C[Si](C)(C)C. The minimum atomic E-state index is -1.20. The van der Waals surface area contributed by atoms with Crippen LogP contribution in [-0.4, -0.2) is 8.07 Å². The average Bonchev–Trinajstić information content (AvgIpc) is 1.83. The molecule has 0 aliphatic heterocycles. The Hall–Kier alpha value is -0.453. The predicted octanol–water partition coefficient (Wildman–Crippen LogP) is 3.57. The lowest BCUT2D eigenvalue weighted by molar-refractivity contribution is 1.66. The highest BCUT2D eigenvalue weighted by molar-refractivity contribution is 6.83. The van der Waals surface area contributed by atoms with Crippen LogP contribution in [-0.2, 0) is 0 Å². The van der Waals surface area contributed by atoms with E-state index in [0.717, 1.165) is 5.03 Å². The van der Waals surface area contributed by atoms with Gasteiger partial charge in [-0.25, -0.2) is 0 Å². The van der Waals surface area contributed by atoms with Crippen molar-refractivity contribution in [3.63, 3.8) is 0 Å². The third-order valence-electron chi connectivity index (χ3n) is 0.953. The maximum atomic E-state index is 5.62. The predicted molar refractivity (Wildman–Crippen MR) is 59.9 cm³/mol. The quantitative estimate of drug-likeness (QED) is 0.343. The van der Waals surface area contributed by atoms with E-state index in [4.69, 9.17) is 11.6 Å². The van der Waals surface area contributed by atoms with Crippen molar-refractivity contribution in [1.82, 2.24) is 0 Å². The van der Waals surface area contributed by atoms with Crippen molar-refractivity contribution >= 4 is 19.7 Å². The van der Waals surface area contributed by atoms with Crippen LogP contribution in [0, 0.1) is 11.5 Å². The van der Waals surface area contributed by atoms with E-state index >= 15 is 0 Å². The largest absolute Gasteiger partial charge is 0.129 e. The molecule has 0 saturated heterocycles. The van der Waals surface area contributed by atoms with Crippen LogP contribution in [0.5, 0.6) is 0 Å². The molecular formula is C10H15ClSi. The van der Waals surface area contributed by atoms with Crippen LogP contribution in [0.25, 0.3) is 0 Å². The lowest BCUT2D eigenvalue weighted by Crippen LogP contribution is -2.16. The molecule has 0 bridgehead atoms. The number of rotatable bonds is 1. The van der Waals surface area contributed by atoms with Gasteiger partial charge in [-0.05, 0) is 19.1 Å². The van der Waals surface area contributed by atoms with Crippen LogP contribution >= 0.6 is 11.6 Å². The van der Waals surface area contributed by atoms with Gasteiger partial charge < -0.3 is 0 Å². The highest BCUT2D eigenvalue weighted by Crippen LogP contribution is 1.98. The summed E-state index contributed by atoms with van der Waals surface area (Å²) in [6, 6.07) is 0. The molecule has 0 nitrogen and oxygen atoms in total. The molecule has 2 heteroatoms. The van der Waals surface area contributed by atoms with Gasteiger partial charge in [0.05, 0.1) is 0 Å². The molecule has 0 aromatic heterocycles. The van der Waals surface area contributed by atoms with E-state index in [-0.39, 0.29) is 0 Å². The van der Waals surface area contributed by atoms with Crippen LogP contribution < -0.4 is 0 Å². The van der Waals surface area contributed by atoms with E-state index in [2.05, 4.69) is 31.1 Å². The first kappa shape index (κ1) is 11.5. The lowest BCUT2D eigenvalue weighted by Gasteiger charge is -2.01. The molecule has 0 unspecified atom stereocenters. The maximum absolute atomic E-state index is 5.62. The average molecular weight is 199 g/mol. The van der Waals surface area contributed by atoms with Gasteiger partial charge in [0, 0.05) is 5.03 Å². The zero-order chi connectivity index (χ0) is 9.61. The minimum Gasteiger partial charge on any atom is -0.127 e. The Bertz CT molecular complexity index is 241. The topological polar surface area (TPSA) is 0 Å². The first-order valence-corrected chi connectivity index (χ1v) is 7.81. The fraction of sp³-hybridized carbons (Fsp3) is 0.400. The fourth-order valence-electron chi connectivity index (χ4n) is 0.487. The Morgan fingerprint density at radius 3 is 2.33 bits per heavy atom. The smallest absolute Gasteiger partial charge is 0.127 e. The molecule has 0 saturated carbocycles. The van der Waals surface area contributed by atoms with Crippen molar-refractivity contribution < 1.29 is 0 Å². The highest BCUT2D eigenvalue weighted by Gasteiger charge is 2.06. The van der Waals surface area contributed by atoms with E-state index in [1.165, 1.54) is 0 Å². The second-order valence-corrected chi connectivity index (χ2v) is 8.98. The van der Waals surface area contributed by atoms with Gasteiger partial charge in [0.25, 0.3) is 0 Å². The summed E-state index contributed by atoms with van der Waals surface area (Å²) in [6.07, 6.45) is 5.54. The second-order valence-electron chi connectivity index (χ2n) is 3.63. The van der Waals surface area contributed by atoms with Crippen LogP contribution in [0.4, 0.5) is 0 Å². The molecule has 0 aromatic rings. The Balaban J connectivity index is 4.04. The Morgan fingerprint density at radius 1 is 1.33 bits per heavy atom. The monoisotopic (exact) mass is 198 g/mol. The first-order valence-electron chi connectivity index (χ1n) is 3.93. The van der Waals surface area contributed by atoms with Crippen molar-refractivity contribution in [2.75, 3.05) is 0 Å². The Kier molecular flexibility index (Phi) is 5.04. The summed E-state index contributed by atoms with van der Waals surface area (Å²) in [6.45, 7) is 8.50. The molecule has 66 valence electrons. The van der Waals surface area contributed by atoms with Crippen molar-refractivity contribution in [2.45, 2.75) is 26.6 Å². The summed E-state index contributed by atoms with van der Waals surface area (Å²) >= 11 is 5.62. The molecule has 0 rings (SSSR count). The summed E-state index contributed by atoms with van der Waals surface area (Å²) in [5.41, 5.74) is 3.23. The molecule has 0 heterocycles. The molecule has 0 aliphatic carbocycles. The molecule has 0 amide bonds. The molecule has 0 fully saturated rings. The van der Waals surface area contributed by atoms with Gasteiger partial charge >= 0.3 is 0 Å². The first-order chi connectivity index (χ1) is 5.42. The van der Waals surface area contributed by atoms with Gasteiger partial charge in [-0.1, -0.05) is 43.2 Å². The normalized spacial score (nSPS) is 12.9. The van der Waals surface area contributed by atoms with Gasteiger partial charge in [-0.2, -0.15) is 0 Å². The molecule has 0 spiro atoms. The Morgan fingerprint density at radius 2 is 1.92 bits per heavy atom. The molecule has 0 aliphatic rings. The van der Waals surface area contributed by atoms with E-state index < -0.39 is 8.07 Å². The van der Waals surface area contributed by atoms with Crippen molar-refractivity contribution in [3.05, 3.63) is 23.3 Å². The van der Waals surface area contributed by atoms with Crippen molar-refractivity contribution in [1.29, 1.82) is 0 Å². The van der Waals surface area contributed by atoms with E-state index in [1.807, 2.05) is 25.2 Å². The number of hydrogen-bond donors (Lipinski definition) is 0. The molecule has 0 N–H and O–H groups in total. The van der Waals surface area contributed by atoms with Gasteiger partial charge in [0.1, 0.15) is 8.07 Å². The van der Waals surface area contributed by atoms with Crippen LogP contribution in [0.1, 0.15) is 6.92 Å². The standard InChI is InChI=1S/C10H15ClSi/c1-10(11)8-6-5-7-9-12(2,3)4/h5-6,8H,1-4H3/b6-5+,10-8-. The summed E-state index contributed by atoms with van der Waals surface area (Å²) in [5.74, 6) is 3.01. The van der Waals surface area contributed by atoms with Gasteiger partial charge in [-0.3, -0.25) is 0 Å². The summed E-state index contributed by atoms with van der Waals surface area (Å²) in [7, 11) is -1.20. The number of halogens is 1. The summed E-state index contributed by atoms with van der Waals surface area (Å²) < 4.78 is 0. The minimum absolute atomic E-state index is 0.779. The molecular weight excluding hydrogens is 184 g/mol. The Labute approximate surface area is 81.3 Å². The third-order valence-corrected chi connectivity index (χ3v) is 1.97. The number of allylic oxidation sites excluding steroid dienone is 4. The van der Waals surface area contributed by atoms with E-state index in [0.29, 0.717) is 0 Å². The zero-order valence-electron chi connectivity index (χ0n) is 8.11. The zero-order valence-corrected chi connectivity index (χ0v) is 9.87. The molecule has 0 radical (unpaired) electrons. The third kappa shape index (κ3) is 9.55. The van der Waals surface area contributed by atoms with Crippen LogP contribution in [0.15, 0.2) is 23.3 Å². The maximum Gasteiger partial charge on any atom is 0.129 e. The van der Waals surface area contributed by atoms with E-state index in [9.17, 15) is 0 Å². The molecule has 12 heavy (non-hydrogen) atoms. The lowest BCUT2D eigenvalue weighted by atomic mass is 10.4. The van der Waals surface area contributed by atoms with Gasteiger partial charge in [0.15, 0.2) is 0 Å². The van der Waals surface area contributed by atoms with E-state index in [1.54, 1.807) is 0 Å². The highest BCUT2D eigenvalue weighted by atomic mass is 35.5. The summed E-state index contributed by atoms with van der Waals surface area (Å²) in [5, 5.41) is 0.779. The molecule has 0 aromatic carbocycles. The van der Waals surface area contributed by atoms with Gasteiger partial charge in [-0.15, -0.1) is 5.54 Å². The molecule has 0 atom stereocenters. The van der Waals surface area contributed by atoms with Crippen molar-refractivity contribution in [3.8, 4) is 11.5 Å². The number of hydrogen-bond acceptors (Lipinski definition) is 0. The van der Waals surface area contributed by atoms with Crippen LogP contribution in [0.3, 0.4) is 0 Å². The van der Waals surface area contributed by atoms with Gasteiger partial charge in [0.2, 0.25) is 0 Å². The fourth-order valence-corrected chi connectivity index (χ4v) is 1.08. The van der Waals surface area contributed by atoms with Crippen molar-refractivity contribution in [2.24, 2.45) is 0 Å².